The normalized spacial score (nSPS) is 3.60. The maximum Gasteiger partial charge on any atom is 3.00 e. The first-order chi connectivity index (χ1) is 8.49. The van der Waals surface area contributed by atoms with Crippen LogP contribution >= 0.6 is 0 Å². The molecule has 0 saturated carbocycles. The summed E-state index contributed by atoms with van der Waals surface area (Å²) in [5.74, 6) is 0. The second kappa shape index (κ2) is 290. The molecular formula is C6H18N12Ni2. The van der Waals surface area contributed by atoms with Gasteiger partial charge in [-0.2, -0.15) is 0 Å². The summed E-state index contributed by atoms with van der Waals surface area (Å²) in [6.45, 7) is 0. The van der Waals surface area contributed by atoms with Gasteiger partial charge in [-0.1, -0.05) is 0 Å². The molecule has 0 saturated heterocycles. The Kier molecular flexibility index (Phi) is 758. The summed E-state index contributed by atoms with van der Waals surface area (Å²) >= 11 is 0. The Hall–Kier alpha value is -2.19. The summed E-state index contributed by atoms with van der Waals surface area (Å²) in [7, 11) is 0. The smallest absolute Gasteiger partial charge is 0.563 e. The largest absolute Gasteiger partial charge is 3.00 e. The Labute approximate surface area is 138 Å². The molecule has 0 aromatic rings. The Morgan fingerprint density at radius 2 is 0.350 bits per heavy atom. The minimum absolute atomic E-state index is 0. The molecule has 122 valence electrons. The molecule has 0 unspecified atom stereocenters. The average molecular weight is 376 g/mol. The zero-order valence-electron chi connectivity index (χ0n) is 10.1. The molecule has 0 bridgehead atoms. The molecule has 2 radical (unpaired) electrons. The SMILES string of the molecule is N=[C-]N.N=[C-]N.N=[C-]N.N=[C-]N.N=[C-]N.N=[C-]N.[Ni+3].[Ni+3]. The molecule has 0 aliphatic carbocycles. The van der Waals surface area contributed by atoms with Gasteiger partial charge in [-0.15, -0.1) is 0 Å². The third kappa shape index (κ3) is 721. The second-order valence-corrected chi connectivity index (χ2v) is 0.866. The zero-order valence-corrected chi connectivity index (χ0v) is 12.1. The molecular weight excluding hydrogens is 358 g/mol. The third-order valence-corrected chi connectivity index (χ3v) is 0. The molecule has 0 heterocycles. The van der Waals surface area contributed by atoms with E-state index in [1.165, 1.54) is 38.0 Å². The van der Waals surface area contributed by atoms with Crippen LogP contribution in [-0.4, -0.2) is 38.0 Å². The second-order valence-electron chi connectivity index (χ2n) is 0.866. The van der Waals surface area contributed by atoms with Gasteiger partial charge >= 0.3 is 33.0 Å². The Morgan fingerprint density at radius 1 is 0.350 bits per heavy atom. The molecule has 0 rings (SSSR count). The van der Waals surface area contributed by atoms with Gasteiger partial charge in [0.2, 0.25) is 0 Å². The summed E-state index contributed by atoms with van der Waals surface area (Å²) in [5, 5.41) is 34.4. The molecule has 14 heteroatoms. The molecule has 0 aromatic heterocycles. The minimum Gasteiger partial charge on any atom is -0.563 e. The Bertz CT molecular complexity index is 117. The minimum atomic E-state index is 0. The van der Waals surface area contributed by atoms with Crippen molar-refractivity contribution in [2.45, 2.75) is 0 Å². The number of hydrogen-bond donors (Lipinski definition) is 12. The maximum atomic E-state index is 5.74. The van der Waals surface area contributed by atoms with Crippen molar-refractivity contribution in [3.05, 3.63) is 0 Å². The quantitative estimate of drug-likeness (QED) is 0.0671. The average Bonchev–Trinajstić information content (AvgIpc) is 2.23. The summed E-state index contributed by atoms with van der Waals surface area (Å²) in [5.41, 5.74) is 25.6. The summed E-state index contributed by atoms with van der Waals surface area (Å²) in [6.07, 6.45) is 9.00. The van der Waals surface area contributed by atoms with Gasteiger partial charge in [0.1, 0.15) is 0 Å². The first kappa shape index (κ1) is 52.3. The summed E-state index contributed by atoms with van der Waals surface area (Å²) in [4.78, 5) is 0. The fraction of sp³-hybridized carbons (Fsp3) is 0. The topological polar surface area (TPSA) is 299 Å². The Morgan fingerprint density at radius 3 is 0.350 bits per heavy atom. The molecule has 0 aliphatic rings. The number of hydrogen-bond acceptors (Lipinski definition) is 6. The standard InChI is InChI=1S/6CH3N2.2Ni/c6*2-1-3;;/h6*(H3,2,3);;/q6*-1;2*+3. The van der Waals surface area contributed by atoms with E-state index in [4.69, 9.17) is 32.5 Å². The van der Waals surface area contributed by atoms with E-state index in [0.29, 0.717) is 0 Å². The number of rotatable bonds is 0. The van der Waals surface area contributed by atoms with E-state index in [1.54, 1.807) is 0 Å². The zero-order chi connectivity index (χ0) is 16.2. The van der Waals surface area contributed by atoms with E-state index >= 15 is 0 Å². The predicted molar refractivity (Wildman–Crippen MR) is 71.5 cm³/mol. The number of nitrogens with one attached hydrogen (secondary N) is 6. The molecule has 0 fully saturated rings. The number of nitrogens with two attached hydrogens (primary N) is 6. The van der Waals surface area contributed by atoms with E-state index in [9.17, 15) is 0 Å². The van der Waals surface area contributed by atoms with Crippen LogP contribution in [0.5, 0.6) is 0 Å². The molecule has 12 nitrogen and oxygen atoms in total. The van der Waals surface area contributed by atoms with Gasteiger partial charge in [0.05, 0.1) is 0 Å². The Balaban J connectivity index is -0.0000000141. The maximum absolute atomic E-state index is 5.74. The fourth-order valence-corrected chi connectivity index (χ4v) is 0. The molecule has 18 N–H and O–H groups in total. The fourth-order valence-electron chi connectivity index (χ4n) is 0. The molecule has 20 heavy (non-hydrogen) atoms. The monoisotopic (exact) mass is 374 g/mol. The summed E-state index contributed by atoms with van der Waals surface area (Å²) < 4.78 is 0. The van der Waals surface area contributed by atoms with Crippen LogP contribution in [-0.2, 0) is 33.0 Å². The van der Waals surface area contributed by atoms with Gasteiger partial charge in [-0.3, -0.25) is 0 Å². The van der Waals surface area contributed by atoms with E-state index in [2.05, 4.69) is 34.4 Å². The van der Waals surface area contributed by atoms with Gasteiger partial charge in [0.25, 0.3) is 0 Å². The van der Waals surface area contributed by atoms with Crippen LogP contribution in [0.25, 0.3) is 0 Å². The van der Waals surface area contributed by atoms with E-state index in [1.807, 2.05) is 0 Å². The van der Waals surface area contributed by atoms with Crippen LogP contribution in [0, 0.1) is 32.5 Å². The van der Waals surface area contributed by atoms with E-state index in [-0.39, 0.29) is 33.0 Å². The van der Waals surface area contributed by atoms with Gasteiger partial charge in [0.15, 0.2) is 0 Å². The van der Waals surface area contributed by atoms with Crippen LogP contribution in [0.4, 0.5) is 0 Å². The molecule has 0 aromatic carbocycles. The third-order valence-electron chi connectivity index (χ3n) is 0. The van der Waals surface area contributed by atoms with Crippen molar-refractivity contribution in [3.8, 4) is 0 Å². The summed E-state index contributed by atoms with van der Waals surface area (Å²) in [6, 6.07) is 0. The van der Waals surface area contributed by atoms with Crippen molar-refractivity contribution >= 4 is 38.0 Å². The van der Waals surface area contributed by atoms with Gasteiger partial charge < -0.3 is 105 Å². The van der Waals surface area contributed by atoms with Gasteiger partial charge in [-0.25, -0.2) is 0 Å². The first-order valence-electron chi connectivity index (χ1n) is 3.23. The van der Waals surface area contributed by atoms with Crippen LogP contribution in [0.15, 0.2) is 0 Å². The van der Waals surface area contributed by atoms with Crippen molar-refractivity contribution in [2.24, 2.45) is 34.4 Å². The van der Waals surface area contributed by atoms with Crippen molar-refractivity contribution in [1.82, 2.24) is 0 Å². The van der Waals surface area contributed by atoms with Gasteiger partial charge in [0, 0.05) is 0 Å². The molecule has 0 amide bonds. The van der Waals surface area contributed by atoms with Crippen molar-refractivity contribution in [3.63, 3.8) is 0 Å². The molecule has 0 atom stereocenters. The van der Waals surface area contributed by atoms with Crippen LogP contribution in [0.1, 0.15) is 0 Å². The van der Waals surface area contributed by atoms with Gasteiger partial charge in [-0.05, 0) is 0 Å². The van der Waals surface area contributed by atoms with E-state index in [0.717, 1.165) is 0 Å². The van der Waals surface area contributed by atoms with Crippen LogP contribution < -0.4 is 34.4 Å². The predicted octanol–water partition coefficient (Wildman–Crippen LogP) is -3.43. The molecule has 0 spiro atoms. The van der Waals surface area contributed by atoms with E-state index < -0.39 is 0 Å². The van der Waals surface area contributed by atoms with Crippen molar-refractivity contribution < 1.29 is 33.0 Å². The van der Waals surface area contributed by atoms with Crippen LogP contribution in [0.3, 0.4) is 0 Å². The first-order valence-corrected chi connectivity index (χ1v) is 3.23. The van der Waals surface area contributed by atoms with Crippen LogP contribution in [0.2, 0.25) is 0 Å². The van der Waals surface area contributed by atoms with Crippen molar-refractivity contribution in [2.75, 3.05) is 0 Å². The van der Waals surface area contributed by atoms with Crippen molar-refractivity contribution in [1.29, 1.82) is 32.5 Å². The molecule has 0 aliphatic heterocycles.